The lowest BCUT2D eigenvalue weighted by Gasteiger charge is -2.45. The molecule has 5 heterocycles. The van der Waals surface area contributed by atoms with E-state index in [-0.39, 0.29) is 22.7 Å². The average Bonchev–Trinajstić information content (AvgIpc) is 3.75. The standard InChI is InChI=1S/C34H28ClN5O4S/c1-44-30-9-3-2-8-27(30)34(39-21-25-19-26(39)20-38(25)24-13-16-36-17-14-24)28-18-23(35)11-12-29(28)40(33(34)41)45(42,43)31-10-4-6-22-7-5-15-37-32(22)31/h2-18,25-26H,19-21H2,1H3/t25-,26-,34?/m0/s1. The van der Waals surface area contributed by atoms with Gasteiger partial charge in [-0.2, -0.15) is 0 Å². The molecule has 0 saturated carbocycles. The second-order valence-corrected chi connectivity index (χ2v) is 13.7. The van der Waals surface area contributed by atoms with E-state index in [2.05, 4.69) is 19.8 Å². The summed E-state index contributed by atoms with van der Waals surface area (Å²) in [5.41, 5.74) is 1.17. The lowest BCUT2D eigenvalue weighted by atomic mass is 9.80. The van der Waals surface area contributed by atoms with E-state index in [0.29, 0.717) is 45.9 Å². The Morgan fingerprint density at radius 1 is 0.889 bits per heavy atom. The van der Waals surface area contributed by atoms with E-state index in [9.17, 15) is 8.42 Å². The number of likely N-dealkylation sites (tertiary alicyclic amines) is 1. The fourth-order valence-corrected chi connectivity index (χ4v) is 9.34. The summed E-state index contributed by atoms with van der Waals surface area (Å²) in [6.07, 6.45) is 5.91. The van der Waals surface area contributed by atoms with Crippen LogP contribution in [0.3, 0.4) is 0 Å². The summed E-state index contributed by atoms with van der Waals surface area (Å²) in [6.45, 7) is 1.18. The zero-order chi connectivity index (χ0) is 30.9. The predicted octanol–water partition coefficient (Wildman–Crippen LogP) is 5.23. The van der Waals surface area contributed by atoms with Crippen molar-refractivity contribution >= 4 is 49.8 Å². The Labute approximate surface area is 265 Å². The molecule has 9 nitrogen and oxygen atoms in total. The third-order valence-electron chi connectivity index (χ3n) is 9.34. The van der Waals surface area contributed by atoms with Crippen molar-refractivity contribution in [3.8, 4) is 5.75 Å². The summed E-state index contributed by atoms with van der Waals surface area (Å²) in [7, 11) is -2.88. The number of fused-ring (bicyclic) bond motifs is 4. The van der Waals surface area contributed by atoms with Crippen molar-refractivity contribution in [2.75, 3.05) is 29.4 Å². The van der Waals surface area contributed by atoms with Gasteiger partial charge in [0.15, 0.2) is 5.54 Å². The predicted molar refractivity (Wildman–Crippen MR) is 172 cm³/mol. The number of rotatable bonds is 6. The van der Waals surface area contributed by atoms with Crippen molar-refractivity contribution in [1.82, 2.24) is 14.9 Å². The summed E-state index contributed by atoms with van der Waals surface area (Å²) in [6, 6.07) is 24.9. The number of pyridine rings is 2. The number of methoxy groups -OCH3 is 1. The molecule has 45 heavy (non-hydrogen) atoms. The van der Waals surface area contributed by atoms with Crippen molar-refractivity contribution in [3.05, 3.63) is 120 Å². The first kappa shape index (κ1) is 28.0. The second kappa shape index (κ2) is 10.3. The minimum atomic E-state index is -4.44. The molecule has 1 unspecified atom stereocenters. The number of sulfonamides is 1. The van der Waals surface area contributed by atoms with Gasteiger partial charge in [0.2, 0.25) is 0 Å². The molecule has 5 aromatic rings. The van der Waals surface area contributed by atoms with Gasteiger partial charge in [-0.3, -0.25) is 19.7 Å². The van der Waals surface area contributed by atoms with E-state index in [1.54, 1.807) is 74.2 Å². The first-order chi connectivity index (χ1) is 21.9. The maximum atomic E-state index is 15.4. The largest absolute Gasteiger partial charge is 0.496 e. The van der Waals surface area contributed by atoms with E-state index >= 15 is 4.79 Å². The maximum absolute atomic E-state index is 15.4. The molecule has 2 aromatic heterocycles. The molecule has 8 rings (SSSR count). The van der Waals surface area contributed by atoms with Crippen molar-refractivity contribution < 1.29 is 17.9 Å². The summed E-state index contributed by atoms with van der Waals surface area (Å²) >= 11 is 6.65. The zero-order valence-electron chi connectivity index (χ0n) is 24.2. The third kappa shape index (κ3) is 3.95. The maximum Gasteiger partial charge on any atom is 0.273 e. The van der Waals surface area contributed by atoms with Crippen LogP contribution in [0.2, 0.25) is 5.02 Å². The molecule has 0 spiro atoms. The number of anilines is 2. The molecule has 2 fully saturated rings. The van der Waals surface area contributed by atoms with Crippen molar-refractivity contribution in [2.24, 2.45) is 0 Å². The molecule has 3 aromatic carbocycles. The second-order valence-electron chi connectivity index (χ2n) is 11.5. The van der Waals surface area contributed by atoms with Crippen LogP contribution in [0.5, 0.6) is 5.75 Å². The van der Waals surface area contributed by atoms with E-state index in [0.717, 1.165) is 16.4 Å². The van der Waals surface area contributed by atoms with Crippen LogP contribution < -0.4 is 13.9 Å². The van der Waals surface area contributed by atoms with Crippen LogP contribution in [-0.4, -0.2) is 61.5 Å². The zero-order valence-corrected chi connectivity index (χ0v) is 25.8. The molecule has 0 N–H and O–H groups in total. The number of ether oxygens (including phenoxy) is 1. The van der Waals surface area contributed by atoms with Gasteiger partial charge in [0.1, 0.15) is 10.6 Å². The minimum Gasteiger partial charge on any atom is -0.496 e. The molecule has 0 aliphatic carbocycles. The van der Waals surface area contributed by atoms with Crippen LogP contribution in [-0.2, 0) is 20.4 Å². The number of hydrogen-bond donors (Lipinski definition) is 0. The summed E-state index contributed by atoms with van der Waals surface area (Å²) in [4.78, 5) is 28.4. The number of piperazine rings is 1. The topological polar surface area (TPSA) is 95.9 Å². The highest BCUT2D eigenvalue weighted by Crippen LogP contribution is 2.56. The summed E-state index contributed by atoms with van der Waals surface area (Å²) < 4.78 is 36.3. The van der Waals surface area contributed by atoms with Crippen LogP contribution in [0.15, 0.2) is 108 Å². The SMILES string of the molecule is COc1ccccc1C1(N2C[C@@H]3C[C@H]2CN3c2ccncc2)C(=O)N(S(=O)(=O)c2cccc3cccnc23)c2ccc(Cl)cc21. The number of carbonyl (C=O) groups excluding carboxylic acids is 1. The van der Waals surface area contributed by atoms with Crippen LogP contribution in [0.25, 0.3) is 10.9 Å². The number of hydrogen-bond acceptors (Lipinski definition) is 8. The summed E-state index contributed by atoms with van der Waals surface area (Å²) in [5, 5.41) is 1.06. The highest BCUT2D eigenvalue weighted by molar-refractivity contribution is 7.93. The number of aromatic nitrogens is 2. The molecule has 3 aliphatic heterocycles. The quantitative estimate of drug-likeness (QED) is 0.250. The van der Waals surface area contributed by atoms with Gasteiger partial charge in [-0.05, 0) is 55.0 Å². The van der Waals surface area contributed by atoms with Gasteiger partial charge < -0.3 is 9.64 Å². The average molecular weight is 638 g/mol. The van der Waals surface area contributed by atoms with Gasteiger partial charge in [-0.25, -0.2) is 12.7 Å². The lowest BCUT2D eigenvalue weighted by Crippen LogP contribution is -2.60. The van der Waals surface area contributed by atoms with Crippen LogP contribution >= 0.6 is 11.6 Å². The van der Waals surface area contributed by atoms with Gasteiger partial charge in [0.25, 0.3) is 15.9 Å². The lowest BCUT2D eigenvalue weighted by molar-refractivity contribution is -0.127. The smallest absolute Gasteiger partial charge is 0.273 e. The highest BCUT2D eigenvalue weighted by Gasteiger charge is 2.64. The first-order valence-corrected chi connectivity index (χ1v) is 16.5. The number of nitrogens with zero attached hydrogens (tertiary/aromatic N) is 5. The molecule has 226 valence electrons. The van der Waals surface area contributed by atoms with Crippen LogP contribution in [0.4, 0.5) is 11.4 Å². The van der Waals surface area contributed by atoms with Gasteiger partial charge in [-0.15, -0.1) is 0 Å². The van der Waals surface area contributed by atoms with Gasteiger partial charge in [0.05, 0.1) is 18.3 Å². The normalized spacial score (nSPS) is 22.8. The van der Waals surface area contributed by atoms with E-state index < -0.39 is 21.5 Å². The van der Waals surface area contributed by atoms with Crippen LogP contribution in [0, 0.1) is 0 Å². The Balaban J connectivity index is 1.35. The summed E-state index contributed by atoms with van der Waals surface area (Å²) in [5.74, 6) is -0.114. The Morgan fingerprint density at radius 2 is 1.69 bits per heavy atom. The Morgan fingerprint density at radius 3 is 2.47 bits per heavy atom. The Kier molecular flexibility index (Phi) is 6.39. The molecule has 1 amide bonds. The van der Waals surface area contributed by atoms with Crippen molar-refractivity contribution in [3.63, 3.8) is 0 Å². The van der Waals surface area contributed by atoms with E-state index in [1.807, 2.05) is 30.3 Å². The minimum absolute atomic E-state index is 0.0440. The number of amides is 1. The van der Waals surface area contributed by atoms with E-state index in [1.165, 1.54) is 6.07 Å². The molecule has 2 saturated heterocycles. The van der Waals surface area contributed by atoms with Gasteiger partial charge >= 0.3 is 0 Å². The monoisotopic (exact) mass is 637 g/mol. The highest BCUT2D eigenvalue weighted by atomic mass is 35.5. The van der Waals surface area contributed by atoms with E-state index in [4.69, 9.17) is 16.3 Å². The van der Waals surface area contributed by atoms with Gasteiger partial charge in [0, 0.05) is 71.0 Å². The number of halogens is 1. The molecule has 11 heteroatoms. The molecular formula is C34H28ClN5O4S. The number of para-hydroxylation sites is 2. The Hall–Kier alpha value is -4.51. The third-order valence-corrected chi connectivity index (χ3v) is 11.3. The Bertz CT molecular complexity index is 2090. The first-order valence-electron chi connectivity index (χ1n) is 14.7. The molecule has 3 aliphatic rings. The molecule has 3 atom stereocenters. The fourth-order valence-electron chi connectivity index (χ4n) is 7.53. The molecule has 0 radical (unpaired) electrons. The molecule has 2 bridgehead atoms. The number of carbonyl (C=O) groups is 1. The van der Waals surface area contributed by atoms with Crippen molar-refractivity contribution in [1.29, 1.82) is 0 Å². The number of benzene rings is 3. The van der Waals surface area contributed by atoms with Gasteiger partial charge in [-0.1, -0.05) is 48.0 Å². The molecular weight excluding hydrogens is 610 g/mol. The van der Waals surface area contributed by atoms with Crippen molar-refractivity contribution in [2.45, 2.75) is 28.9 Å². The fraction of sp³-hybridized carbons (Fsp3) is 0.206. The van der Waals surface area contributed by atoms with Crippen LogP contribution in [0.1, 0.15) is 17.5 Å².